The van der Waals surface area contributed by atoms with Gasteiger partial charge in [-0.25, -0.2) is 0 Å². The van der Waals surface area contributed by atoms with Crippen molar-refractivity contribution in [3.63, 3.8) is 0 Å². The minimum Gasteiger partial charge on any atom is -0.350 e. The Kier molecular flexibility index (Phi) is 5.35. The van der Waals surface area contributed by atoms with Crippen LogP contribution in [0.15, 0.2) is 6.07 Å². The first-order valence-corrected chi connectivity index (χ1v) is 8.45. The van der Waals surface area contributed by atoms with Gasteiger partial charge in [0, 0.05) is 12.1 Å². The lowest BCUT2D eigenvalue weighted by Gasteiger charge is -2.41. The van der Waals surface area contributed by atoms with Crippen molar-refractivity contribution in [1.82, 2.24) is 10.2 Å². The second-order valence-electron chi connectivity index (χ2n) is 5.78. The molecule has 1 aromatic rings. The van der Waals surface area contributed by atoms with E-state index < -0.39 is 0 Å². The van der Waals surface area contributed by atoms with Crippen LogP contribution in [0.5, 0.6) is 0 Å². The van der Waals surface area contributed by atoms with Gasteiger partial charge in [-0.3, -0.25) is 9.69 Å². The van der Waals surface area contributed by atoms with Crippen LogP contribution in [0.25, 0.3) is 0 Å². The molecule has 2 heterocycles. The van der Waals surface area contributed by atoms with Crippen LogP contribution < -0.4 is 5.32 Å². The number of amides is 1. The molecule has 0 bridgehead atoms. The van der Waals surface area contributed by atoms with Crippen molar-refractivity contribution in [2.75, 3.05) is 19.6 Å². The van der Waals surface area contributed by atoms with Gasteiger partial charge in [0.15, 0.2) is 0 Å². The van der Waals surface area contributed by atoms with Crippen molar-refractivity contribution >= 4 is 40.4 Å². The normalized spacial score (nSPS) is 17.2. The molecular weight excluding hydrogens is 315 g/mol. The molecule has 1 N–H and O–H groups in total. The zero-order valence-electron chi connectivity index (χ0n) is 11.8. The lowest BCUT2D eigenvalue weighted by Crippen LogP contribution is -2.53. The molecule has 1 aliphatic heterocycles. The van der Waals surface area contributed by atoms with Crippen molar-refractivity contribution < 1.29 is 4.79 Å². The third kappa shape index (κ3) is 3.88. The van der Waals surface area contributed by atoms with Gasteiger partial charge in [-0.1, -0.05) is 29.6 Å². The van der Waals surface area contributed by atoms with Gasteiger partial charge in [-0.2, -0.15) is 0 Å². The molecule has 0 unspecified atom stereocenters. The number of piperidine rings is 1. The minimum atomic E-state index is -0.150. The van der Waals surface area contributed by atoms with Gasteiger partial charge in [0.25, 0.3) is 5.91 Å². The number of halogens is 2. The highest BCUT2D eigenvalue weighted by Gasteiger charge is 2.28. The quantitative estimate of drug-likeness (QED) is 0.900. The highest BCUT2D eigenvalue weighted by molar-refractivity contribution is 7.20. The van der Waals surface area contributed by atoms with Gasteiger partial charge >= 0.3 is 0 Å². The van der Waals surface area contributed by atoms with Crippen LogP contribution in [-0.4, -0.2) is 36.0 Å². The molecule has 0 aromatic carbocycles. The van der Waals surface area contributed by atoms with E-state index in [2.05, 4.69) is 24.1 Å². The second kappa shape index (κ2) is 6.65. The topological polar surface area (TPSA) is 32.3 Å². The monoisotopic (exact) mass is 334 g/mol. The molecule has 2 rings (SSSR count). The van der Waals surface area contributed by atoms with E-state index in [4.69, 9.17) is 23.2 Å². The van der Waals surface area contributed by atoms with E-state index in [0.29, 0.717) is 20.8 Å². The molecule has 1 saturated heterocycles. The molecule has 20 heavy (non-hydrogen) atoms. The average molecular weight is 335 g/mol. The Morgan fingerprint density at radius 1 is 1.35 bits per heavy atom. The zero-order chi connectivity index (χ0) is 14.8. The van der Waals surface area contributed by atoms with E-state index >= 15 is 0 Å². The fourth-order valence-electron chi connectivity index (χ4n) is 2.50. The van der Waals surface area contributed by atoms with E-state index in [9.17, 15) is 4.79 Å². The predicted octanol–water partition coefficient (Wildman–Crippen LogP) is 4.05. The molecule has 0 atom stereocenters. The van der Waals surface area contributed by atoms with Crippen molar-refractivity contribution in [2.45, 2.75) is 38.6 Å². The highest BCUT2D eigenvalue weighted by Crippen LogP contribution is 2.31. The van der Waals surface area contributed by atoms with E-state index in [1.807, 2.05) is 0 Å². The van der Waals surface area contributed by atoms with E-state index in [1.54, 1.807) is 6.07 Å². The standard InChI is InChI=1S/C14H20Cl2N2OS/c1-14(2,18-6-4-3-5-7-18)9-17-13(19)10-8-11(15)20-12(10)16/h8H,3-7,9H2,1-2H3,(H,17,19). The number of carbonyl (C=O) groups excluding carboxylic acids is 1. The lowest BCUT2D eigenvalue weighted by molar-refractivity contribution is 0.0798. The number of nitrogens with zero attached hydrogens (tertiary/aromatic N) is 1. The Morgan fingerprint density at radius 2 is 2.00 bits per heavy atom. The van der Waals surface area contributed by atoms with Gasteiger partial charge in [-0.05, 0) is 45.8 Å². The van der Waals surface area contributed by atoms with Crippen molar-refractivity contribution in [1.29, 1.82) is 0 Å². The van der Waals surface area contributed by atoms with Crippen LogP contribution in [0, 0.1) is 0 Å². The molecule has 0 radical (unpaired) electrons. The molecular formula is C14H20Cl2N2OS. The maximum absolute atomic E-state index is 12.1. The predicted molar refractivity (Wildman–Crippen MR) is 86.2 cm³/mol. The largest absolute Gasteiger partial charge is 0.350 e. The van der Waals surface area contributed by atoms with Gasteiger partial charge < -0.3 is 5.32 Å². The van der Waals surface area contributed by atoms with E-state index in [0.717, 1.165) is 13.1 Å². The molecule has 1 aromatic heterocycles. The number of nitrogens with one attached hydrogen (secondary N) is 1. The summed E-state index contributed by atoms with van der Waals surface area (Å²) >= 11 is 13.1. The number of carbonyl (C=O) groups is 1. The zero-order valence-corrected chi connectivity index (χ0v) is 14.2. The number of likely N-dealkylation sites (tertiary alicyclic amines) is 1. The van der Waals surface area contributed by atoms with Gasteiger partial charge in [0.05, 0.1) is 9.90 Å². The summed E-state index contributed by atoms with van der Waals surface area (Å²) in [7, 11) is 0. The third-order valence-electron chi connectivity index (χ3n) is 3.79. The summed E-state index contributed by atoms with van der Waals surface area (Å²) < 4.78 is 0.985. The lowest BCUT2D eigenvalue weighted by atomic mass is 9.98. The van der Waals surface area contributed by atoms with Gasteiger partial charge in [0.1, 0.15) is 4.34 Å². The Balaban J connectivity index is 1.93. The molecule has 0 spiro atoms. The van der Waals surface area contributed by atoms with Crippen LogP contribution in [-0.2, 0) is 0 Å². The maximum atomic E-state index is 12.1. The summed E-state index contributed by atoms with van der Waals surface area (Å²) in [5.74, 6) is -0.150. The fraction of sp³-hybridized carbons (Fsp3) is 0.643. The summed E-state index contributed by atoms with van der Waals surface area (Å²) in [4.78, 5) is 14.6. The number of hydrogen-bond acceptors (Lipinski definition) is 3. The molecule has 112 valence electrons. The molecule has 1 fully saturated rings. The Hall–Kier alpha value is -0.290. The van der Waals surface area contributed by atoms with Crippen LogP contribution in [0.4, 0.5) is 0 Å². The minimum absolute atomic E-state index is 0.0393. The number of rotatable bonds is 4. The van der Waals surface area contributed by atoms with Crippen LogP contribution in [0.3, 0.4) is 0 Å². The fourth-order valence-corrected chi connectivity index (χ4v) is 3.96. The van der Waals surface area contributed by atoms with Crippen molar-refractivity contribution in [3.05, 3.63) is 20.3 Å². The van der Waals surface area contributed by atoms with Crippen molar-refractivity contribution in [2.24, 2.45) is 0 Å². The van der Waals surface area contributed by atoms with Gasteiger partial charge in [0.2, 0.25) is 0 Å². The van der Waals surface area contributed by atoms with Crippen LogP contribution in [0.2, 0.25) is 8.67 Å². The average Bonchev–Trinajstić information content (AvgIpc) is 2.76. The van der Waals surface area contributed by atoms with Crippen LogP contribution >= 0.6 is 34.5 Å². The molecule has 1 aliphatic rings. The highest BCUT2D eigenvalue weighted by atomic mass is 35.5. The molecule has 0 saturated carbocycles. The Labute approximate surface area is 134 Å². The first-order chi connectivity index (χ1) is 9.40. The first kappa shape index (κ1) is 16.1. The van der Waals surface area contributed by atoms with E-state index in [-0.39, 0.29) is 11.4 Å². The van der Waals surface area contributed by atoms with Gasteiger partial charge in [-0.15, -0.1) is 11.3 Å². The maximum Gasteiger partial charge on any atom is 0.253 e. The summed E-state index contributed by atoms with van der Waals surface area (Å²) in [6, 6.07) is 1.62. The summed E-state index contributed by atoms with van der Waals surface area (Å²) in [5.41, 5.74) is 0.429. The Bertz CT molecular complexity index is 482. The number of thiophene rings is 1. The molecule has 0 aliphatic carbocycles. The van der Waals surface area contributed by atoms with Crippen LogP contribution in [0.1, 0.15) is 43.5 Å². The molecule has 6 heteroatoms. The van der Waals surface area contributed by atoms with E-state index in [1.165, 1.54) is 30.6 Å². The SMILES string of the molecule is CC(C)(CNC(=O)c1cc(Cl)sc1Cl)N1CCCCC1. The smallest absolute Gasteiger partial charge is 0.253 e. The molecule has 3 nitrogen and oxygen atoms in total. The summed E-state index contributed by atoms with van der Waals surface area (Å²) in [6.45, 7) is 7.15. The number of hydrogen-bond donors (Lipinski definition) is 1. The summed E-state index contributed by atoms with van der Waals surface area (Å²) in [6.07, 6.45) is 3.79. The molecule has 1 amide bonds. The third-order valence-corrected chi connectivity index (χ3v) is 5.28. The second-order valence-corrected chi connectivity index (χ2v) is 8.07. The summed E-state index contributed by atoms with van der Waals surface area (Å²) in [5, 5.41) is 2.97. The Morgan fingerprint density at radius 3 is 2.55 bits per heavy atom. The first-order valence-electron chi connectivity index (χ1n) is 6.88. The van der Waals surface area contributed by atoms with Crippen molar-refractivity contribution in [3.8, 4) is 0 Å².